The first kappa shape index (κ1) is 13.8. The summed E-state index contributed by atoms with van der Waals surface area (Å²) in [4.78, 5) is 13.8. The van der Waals surface area contributed by atoms with E-state index in [4.69, 9.17) is 5.11 Å². The molecule has 0 amide bonds. The Morgan fingerprint density at radius 2 is 2.22 bits per heavy atom. The van der Waals surface area contributed by atoms with Gasteiger partial charge in [0.2, 0.25) is 0 Å². The van der Waals surface area contributed by atoms with Crippen LogP contribution in [0.1, 0.15) is 45.4 Å². The predicted molar refractivity (Wildman–Crippen MR) is 71.7 cm³/mol. The predicted octanol–water partition coefficient (Wildman–Crippen LogP) is 1.70. The number of carboxylic acids is 1. The van der Waals surface area contributed by atoms with E-state index in [0.717, 1.165) is 31.3 Å². The van der Waals surface area contributed by atoms with E-state index in [1.165, 1.54) is 25.8 Å². The lowest BCUT2D eigenvalue weighted by Gasteiger charge is -2.28. The molecule has 1 saturated heterocycles. The molecule has 1 aliphatic carbocycles. The van der Waals surface area contributed by atoms with E-state index >= 15 is 0 Å². The fourth-order valence-electron chi connectivity index (χ4n) is 3.43. The van der Waals surface area contributed by atoms with Crippen molar-refractivity contribution in [2.24, 2.45) is 5.92 Å². The van der Waals surface area contributed by atoms with Gasteiger partial charge in [0.15, 0.2) is 0 Å². The number of rotatable bonds is 7. The topological polar surface area (TPSA) is 52.6 Å². The molecule has 0 spiro atoms. The lowest BCUT2D eigenvalue weighted by molar-refractivity contribution is -0.144. The molecule has 0 aromatic heterocycles. The van der Waals surface area contributed by atoms with Gasteiger partial charge >= 0.3 is 5.97 Å². The minimum atomic E-state index is -0.760. The van der Waals surface area contributed by atoms with E-state index < -0.39 is 11.5 Å². The minimum absolute atomic E-state index is 0.709. The van der Waals surface area contributed by atoms with E-state index in [9.17, 15) is 4.79 Å². The van der Waals surface area contributed by atoms with Crippen LogP contribution in [0.4, 0.5) is 0 Å². The van der Waals surface area contributed by atoms with E-state index in [2.05, 4.69) is 10.2 Å². The highest BCUT2D eigenvalue weighted by molar-refractivity contribution is 5.78. The molecule has 3 atom stereocenters. The van der Waals surface area contributed by atoms with E-state index in [1.54, 1.807) is 14.0 Å². The number of carboxylic acid groups (broad SMARTS) is 1. The van der Waals surface area contributed by atoms with Crippen molar-refractivity contribution in [3.05, 3.63) is 0 Å². The Morgan fingerprint density at radius 3 is 2.72 bits per heavy atom. The van der Waals surface area contributed by atoms with Gasteiger partial charge in [-0.15, -0.1) is 0 Å². The summed E-state index contributed by atoms with van der Waals surface area (Å²) in [6.45, 7) is 4.21. The van der Waals surface area contributed by atoms with Gasteiger partial charge in [-0.3, -0.25) is 4.79 Å². The molecule has 4 heteroatoms. The quantitative estimate of drug-likeness (QED) is 0.679. The molecular weight excluding hydrogens is 228 g/mol. The monoisotopic (exact) mass is 254 g/mol. The Labute approximate surface area is 110 Å². The Bertz CT molecular complexity index is 308. The van der Waals surface area contributed by atoms with Gasteiger partial charge in [-0.2, -0.15) is 0 Å². The largest absolute Gasteiger partial charge is 0.480 e. The zero-order valence-electron chi connectivity index (χ0n) is 11.6. The van der Waals surface area contributed by atoms with Gasteiger partial charge in [0.25, 0.3) is 0 Å². The van der Waals surface area contributed by atoms with Crippen LogP contribution >= 0.6 is 0 Å². The van der Waals surface area contributed by atoms with Gasteiger partial charge in [-0.05, 0) is 65.0 Å². The molecule has 18 heavy (non-hydrogen) atoms. The van der Waals surface area contributed by atoms with E-state index in [1.807, 2.05) is 0 Å². The molecule has 4 nitrogen and oxygen atoms in total. The maximum absolute atomic E-state index is 11.1. The molecule has 2 bridgehead atoms. The second-order valence-corrected chi connectivity index (χ2v) is 6.17. The van der Waals surface area contributed by atoms with Gasteiger partial charge < -0.3 is 15.3 Å². The minimum Gasteiger partial charge on any atom is -0.480 e. The van der Waals surface area contributed by atoms with Gasteiger partial charge in [-0.1, -0.05) is 0 Å². The van der Waals surface area contributed by atoms with Gasteiger partial charge in [-0.25, -0.2) is 0 Å². The number of nitrogens with zero attached hydrogens (tertiary/aromatic N) is 1. The number of unbranched alkanes of at least 4 members (excludes halogenated alkanes) is 1. The first-order valence-electron chi connectivity index (χ1n) is 7.21. The Hall–Kier alpha value is -0.610. The second kappa shape index (κ2) is 5.57. The summed E-state index contributed by atoms with van der Waals surface area (Å²) in [6, 6.07) is 0.838. The van der Waals surface area contributed by atoms with Crippen LogP contribution < -0.4 is 5.32 Å². The van der Waals surface area contributed by atoms with Crippen LogP contribution in [0.25, 0.3) is 0 Å². The molecule has 2 N–H and O–H groups in total. The third kappa shape index (κ3) is 2.86. The molecule has 1 aliphatic heterocycles. The van der Waals surface area contributed by atoms with Crippen LogP contribution in [-0.4, -0.2) is 47.7 Å². The third-order valence-corrected chi connectivity index (χ3v) is 4.92. The fourth-order valence-corrected chi connectivity index (χ4v) is 3.43. The molecular formula is C14H26N2O2. The lowest BCUT2D eigenvalue weighted by Crippen LogP contribution is -2.47. The van der Waals surface area contributed by atoms with Crippen molar-refractivity contribution < 1.29 is 9.90 Å². The highest BCUT2D eigenvalue weighted by atomic mass is 16.4. The van der Waals surface area contributed by atoms with Crippen molar-refractivity contribution >= 4 is 5.97 Å². The van der Waals surface area contributed by atoms with E-state index in [0.29, 0.717) is 6.42 Å². The molecule has 3 unspecified atom stereocenters. The van der Waals surface area contributed by atoms with E-state index in [-0.39, 0.29) is 0 Å². The normalized spacial score (nSPS) is 30.6. The summed E-state index contributed by atoms with van der Waals surface area (Å²) in [5, 5.41) is 12.1. The van der Waals surface area contributed by atoms with Crippen molar-refractivity contribution in [2.45, 2.75) is 57.0 Å². The maximum atomic E-state index is 11.1. The Balaban J connectivity index is 1.65. The number of hydrogen-bond acceptors (Lipinski definition) is 3. The van der Waals surface area contributed by atoms with Crippen molar-refractivity contribution in [1.82, 2.24) is 10.2 Å². The van der Waals surface area contributed by atoms with Crippen LogP contribution in [0.2, 0.25) is 0 Å². The average molecular weight is 254 g/mol. The number of nitrogens with one attached hydrogen (secondary N) is 1. The molecule has 1 heterocycles. The average Bonchev–Trinajstić information content (AvgIpc) is 2.96. The first-order valence-corrected chi connectivity index (χ1v) is 7.21. The molecule has 2 fully saturated rings. The van der Waals surface area contributed by atoms with Gasteiger partial charge in [0, 0.05) is 12.6 Å². The number of hydrogen-bond donors (Lipinski definition) is 2. The molecule has 0 aromatic rings. The zero-order valence-corrected chi connectivity index (χ0v) is 11.6. The van der Waals surface area contributed by atoms with Crippen LogP contribution in [0.15, 0.2) is 0 Å². The highest BCUT2D eigenvalue weighted by Gasteiger charge is 2.37. The van der Waals surface area contributed by atoms with Crippen molar-refractivity contribution in [1.29, 1.82) is 0 Å². The molecule has 0 aromatic carbocycles. The fraction of sp³-hybridized carbons (Fsp3) is 0.929. The third-order valence-electron chi connectivity index (χ3n) is 4.92. The summed E-state index contributed by atoms with van der Waals surface area (Å²) in [5.74, 6) is 0.210. The summed E-state index contributed by atoms with van der Waals surface area (Å²) < 4.78 is 0. The second-order valence-electron chi connectivity index (χ2n) is 6.17. The highest BCUT2D eigenvalue weighted by Crippen LogP contribution is 2.37. The Morgan fingerprint density at radius 1 is 1.44 bits per heavy atom. The maximum Gasteiger partial charge on any atom is 0.323 e. The van der Waals surface area contributed by atoms with Crippen LogP contribution in [0, 0.1) is 5.92 Å². The Kier molecular flexibility index (Phi) is 4.28. The van der Waals surface area contributed by atoms with Crippen LogP contribution in [0.3, 0.4) is 0 Å². The van der Waals surface area contributed by atoms with Gasteiger partial charge in [0.05, 0.1) is 0 Å². The summed E-state index contributed by atoms with van der Waals surface area (Å²) in [5.41, 5.74) is -0.760. The number of likely N-dealkylation sites (tertiary alicyclic amines) is 1. The zero-order chi connectivity index (χ0) is 13.2. The summed E-state index contributed by atoms with van der Waals surface area (Å²) in [7, 11) is 1.73. The first-order chi connectivity index (χ1) is 8.55. The summed E-state index contributed by atoms with van der Waals surface area (Å²) >= 11 is 0. The molecule has 1 saturated carbocycles. The van der Waals surface area contributed by atoms with Crippen molar-refractivity contribution in [3.8, 4) is 0 Å². The summed E-state index contributed by atoms with van der Waals surface area (Å²) in [6.07, 6.45) is 7.03. The number of aliphatic carboxylic acids is 1. The SMILES string of the molecule is CNC(C)(CCCCN1CC2CCC1C2)C(=O)O. The van der Waals surface area contributed by atoms with Crippen LogP contribution in [-0.2, 0) is 4.79 Å². The molecule has 104 valence electrons. The molecule has 2 aliphatic rings. The number of piperidine rings is 1. The van der Waals surface area contributed by atoms with Gasteiger partial charge in [0.1, 0.15) is 5.54 Å². The smallest absolute Gasteiger partial charge is 0.323 e. The number of fused-ring (bicyclic) bond motifs is 2. The number of carbonyl (C=O) groups is 1. The lowest BCUT2D eigenvalue weighted by atomic mass is 9.95. The number of likely N-dealkylation sites (N-methyl/N-ethyl adjacent to an activating group) is 1. The van der Waals surface area contributed by atoms with Crippen molar-refractivity contribution in [3.63, 3.8) is 0 Å². The van der Waals surface area contributed by atoms with Crippen LogP contribution in [0.5, 0.6) is 0 Å². The molecule has 0 radical (unpaired) electrons. The molecule has 2 rings (SSSR count). The van der Waals surface area contributed by atoms with Crippen molar-refractivity contribution in [2.75, 3.05) is 20.1 Å². The standard InChI is InChI=1S/C14H26N2O2/c1-14(15-2,13(17)18)7-3-4-8-16-10-11-5-6-12(16)9-11/h11-12,15H,3-10H2,1-2H3,(H,17,18).